The third-order valence-electron chi connectivity index (χ3n) is 6.72. The molecule has 0 bridgehead atoms. The molecule has 2 saturated carbocycles. The van der Waals surface area contributed by atoms with Gasteiger partial charge in [0.25, 0.3) is 0 Å². The molecule has 0 aromatic rings. The van der Waals surface area contributed by atoms with Crippen molar-refractivity contribution in [2.24, 2.45) is 29.1 Å². The van der Waals surface area contributed by atoms with Crippen LogP contribution in [0.15, 0.2) is 0 Å². The maximum atomic E-state index is 2.44. The lowest BCUT2D eigenvalue weighted by molar-refractivity contribution is -0.0131. The second-order valence-corrected chi connectivity index (χ2v) is 8.33. The lowest BCUT2D eigenvalue weighted by Crippen LogP contribution is -2.42. The third-order valence-corrected chi connectivity index (χ3v) is 6.72. The van der Waals surface area contributed by atoms with Crippen LogP contribution in [0.4, 0.5) is 0 Å². The number of fused-ring (bicyclic) bond motifs is 1. The van der Waals surface area contributed by atoms with Crippen molar-refractivity contribution in [1.82, 2.24) is 0 Å². The molecule has 2 aliphatic carbocycles. The minimum absolute atomic E-state index is 0.814. The maximum Gasteiger partial charge on any atom is -0.0238 e. The van der Waals surface area contributed by atoms with Crippen molar-refractivity contribution < 1.29 is 0 Å². The van der Waals surface area contributed by atoms with Gasteiger partial charge in [-0.2, -0.15) is 0 Å². The fourth-order valence-electron chi connectivity index (χ4n) is 5.40. The van der Waals surface area contributed by atoms with Crippen LogP contribution in [0.5, 0.6) is 0 Å². The quantitative estimate of drug-likeness (QED) is 0.433. The van der Waals surface area contributed by atoms with Gasteiger partial charge in [0.1, 0.15) is 0 Å². The molecule has 4 atom stereocenters. The van der Waals surface area contributed by atoms with E-state index in [0.29, 0.717) is 0 Å². The van der Waals surface area contributed by atoms with Gasteiger partial charge in [0, 0.05) is 0 Å². The summed E-state index contributed by atoms with van der Waals surface area (Å²) in [5, 5.41) is 0. The van der Waals surface area contributed by atoms with Gasteiger partial charge in [-0.25, -0.2) is 0 Å². The Morgan fingerprint density at radius 1 is 1.05 bits per heavy atom. The van der Waals surface area contributed by atoms with E-state index in [1.54, 1.807) is 32.1 Å². The highest BCUT2D eigenvalue weighted by Gasteiger charge is 2.55. The molecule has 0 heterocycles. The van der Waals surface area contributed by atoms with Crippen molar-refractivity contribution in [3.05, 3.63) is 0 Å². The first kappa shape index (κ1) is 16.4. The van der Waals surface area contributed by atoms with Crippen LogP contribution in [0, 0.1) is 29.1 Å². The van der Waals surface area contributed by atoms with Crippen LogP contribution in [0.2, 0.25) is 0 Å². The molecule has 0 nitrogen and oxygen atoms in total. The lowest BCUT2D eigenvalue weighted by atomic mass is 9.54. The van der Waals surface area contributed by atoms with Crippen LogP contribution >= 0.6 is 0 Å². The van der Waals surface area contributed by atoms with Gasteiger partial charge in [-0.05, 0) is 61.2 Å². The van der Waals surface area contributed by atoms with Crippen molar-refractivity contribution in [2.75, 3.05) is 0 Å². The molecule has 0 aromatic heterocycles. The molecular weight excluding hydrogens is 240 g/mol. The van der Waals surface area contributed by atoms with Gasteiger partial charge in [0.2, 0.25) is 0 Å². The zero-order valence-electron chi connectivity index (χ0n) is 14.6. The molecule has 118 valence electrons. The fraction of sp³-hybridized carbons (Fsp3) is 1.00. The molecule has 0 saturated heterocycles. The Labute approximate surface area is 128 Å². The predicted molar refractivity (Wildman–Crippen MR) is 89.9 cm³/mol. The third kappa shape index (κ3) is 3.42. The summed E-state index contributed by atoms with van der Waals surface area (Å²) in [6, 6.07) is 0. The monoisotopic (exact) mass is 278 g/mol. The molecule has 0 aliphatic heterocycles. The number of rotatable bonds is 9. The molecule has 0 amide bonds. The Kier molecular flexibility index (Phi) is 5.99. The minimum Gasteiger partial charge on any atom is -0.0654 e. The van der Waals surface area contributed by atoms with E-state index in [4.69, 9.17) is 0 Å². The zero-order chi connectivity index (χ0) is 14.6. The van der Waals surface area contributed by atoms with Crippen LogP contribution in [0.25, 0.3) is 0 Å². The average Bonchev–Trinajstić information content (AvgIpc) is 2.61. The molecule has 0 heteroatoms. The van der Waals surface area contributed by atoms with Gasteiger partial charge >= 0.3 is 0 Å². The Morgan fingerprint density at radius 2 is 1.85 bits per heavy atom. The topological polar surface area (TPSA) is 0 Å². The van der Waals surface area contributed by atoms with Crippen molar-refractivity contribution in [3.63, 3.8) is 0 Å². The van der Waals surface area contributed by atoms with E-state index in [2.05, 4.69) is 27.7 Å². The standard InChI is InChI=1S/C20H38/c1-5-8-18-11-12-19-13-14-20(18,19)15-17(6-2)10-7-9-16(3)4/h16-19H,5-15H2,1-4H3. The highest BCUT2D eigenvalue weighted by atomic mass is 14.6. The van der Waals surface area contributed by atoms with Crippen LogP contribution in [0.1, 0.15) is 98.3 Å². The van der Waals surface area contributed by atoms with Crippen molar-refractivity contribution in [1.29, 1.82) is 0 Å². The van der Waals surface area contributed by atoms with Crippen molar-refractivity contribution in [2.45, 2.75) is 98.3 Å². The second kappa shape index (κ2) is 7.32. The summed E-state index contributed by atoms with van der Waals surface area (Å²) in [7, 11) is 0. The number of hydrogen-bond donors (Lipinski definition) is 0. The second-order valence-electron chi connectivity index (χ2n) is 8.33. The van der Waals surface area contributed by atoms with Crippen LogP contribution in [-0.2, 0) is 0 Å². The summed E-state index contributed by atoms with van der Waals surface area (Å²) in [6.45, 7) is 9.57. The van der Waals surface area contributed by atoms with E-state index in [0.717, 1.165) is 29.1 Å². The van der Waals surface area contributed by atoms with E-state index >= 15 is 0 Å². The molecule has 0 radical (unpaired) electrons. The largest absolute Gasteiger partial charge is 0.0654 e. The van der Waals surface area contributed by atoms with Crippen molar-refractivity contribution >= 4 is 0 Å². The Bertz CT molecular complexity index is 278. The van der Waals surface area contributed by atoms with Gasteiger partial charge < -0.3 is 0 Å². The van der Waals surface area contributed by atoms with Crippen LogP contribution < -0.4 is 0 Å². The molecule has 2 aliphatic rings. The van der Waals surface area contributed by atoms with Gasteiger partial charge in [0.05, 0.1) is 0 Å². The van der Waals surface area contributed by atoms with Gasteiger partial charge in [0.15, 0.2) is 0 Å². The fourth-order valence-corrected chi connectivity index (χ4v) is 5.40. The van der Waals surface area contributed by atoms with E-state index in [9.17, 15) is 0 Å². The number of hydrogen-bond acceptors (Lipinski definition) is 0. The zero-order valence-corrected chi connectivity index (χ0v) is 14.6. The van der Waals surface area contributed by atoms with Gasteiger partial charge in [-0.1, -0.05) is 66.2 Å². The Hall–Kier alpha value is 0. The molecule has 20 heavy (non-hydrogen) atoms. The summed E-state index contributed by atoms with van der Waals surface area (Å²) in [5.74, 6) is 4.12. The smallest absolute Gasteiger partial charge is 0.0238 e. The minimum atomic E-state index is 0.814. The van der Waals surface area contributed by atoms with E-state index in [1.807, 2.05) is 0 Å². The van der Waals surface area contributed by atoms with Crippen LogP contribution in [0.3, 0.4) is 0 Å². The summed E-state index contributed by atoms with van der Waals surface area (Å²) < 4.78 is 0. The first-order valence-corrected chi connectivity index (χ1v) is 9.62. The SMILES string of the molecule is CCCC1CCC2CCC12CC(CC)CCCC(C)C. The molecule has 4 unspecified atom stereocenters. The van der Waals surface area contributed by atoms with E-state index < -0.39 is 0 Å². The Morgan fingerprint density at radius 3 is 2.40 bits per heavy atom. The van der Waals surface area contributed by atoms with Gasteiger partial charge in [-0.15, -0.1) is 0 Å². The normalized spacial score (nSPS) is 34.0. The van der Waals surface area contributed by atoms with Crippen molar-refractivity contribution in [3.8, 4) is 0 Å². The lowest BCUT2D eigenvalue weighted by Gasteiger charge is -2.51. The average molecular weight is 279 g/mol. The molecular formula is C20H38. The molecule has 2 fully saturated rings. The first-order chi connectivity index (χ1) is 9.62. The molecule has 2 rings (SSSR count). The van der Waals surface area contributed by atoms with E-state index in [-0.39, 0.29) is 0 Å². The molecule has 0 aromatic carbocycles. The van der Waals surface area contributed by atoms with Gasteiger partial charge in [-0.3, -0.25) is 0 Å². The molecule has 0 N–H and O–H groups in total. The summed E-state index contributed by atoms with van der Waals surface area (Å²) in [6.07, 6.45) is 16.6. The first-order valence-electron chi connectivity index (χ1n) is 9.62. The Balaban J connectivity index is 1.88. The summed E-state index contributed by atoms with van der Waals surface area (Å²) >= 11 is 0. The summed E-state index contributed by atoms with van der Waals surface area (Å²) in [4.78, 5) is 0. The van der Waals surface area contributed by atoms with Crippen LogP contribution in [-0.4, -0.2) is 0 Å². The van der Waals surface area contributed by atoms with E-state index in [1.165, 1.54) is 38.5 Å². The maximum absolute atomic E-state index is 2.44. The highest BCUT2D eigenvalue weighted by Crippen LogP contribution is 2.65. The summed E-state index contributed by atoms with van der Waals surface area (Å²) in [5.41, 5.74) is 0.814. The molecule has 0 spiro atoms. The highest BCUT2D eigenvalue weighted by molar-refractivity contribution is 5.05. The predicted octanol–water partition coefficient (Wildman–Crippen LogP) is 6.84.